The first kappa shape index (κ1) is 38.1. The minimum Gasteiger partial charge on any atom is -0.507 e. The first-order valence-electron chi connectivity index (χ1n) is 17.0. The molecular formula is C36H54N4O6. The number of hydrogen-bond acceptors (Lipinski definition) is 6. The zero-order chi connectivity index (χ0) is 33.9. The van der Waals surface area contributed by atoms with Crippen LogP contribution in [-0.4, -0.2) is 33.8 Å². The quantitative estimate of drug-likeness (QED) is 0.0773. The zero-order valence-electron chi connectivity index (χ0n) is 28.0. The summed E-state index contributed by atoms with van der Waals surface area (Å²) in [6.07, 6.45) is 11.2. The number of phenols is 2. The molecule has 0 aromatic heterocycles. The highest BCUT2D eigenvalue weighted by Crippen LogP contribution is 2.24. The molecule has 2 rings (SSSR count). The second-order valence-corrected chi connectivity index (χ2v) is 12.1. The molecule has 2 aromatic carbocycles. The average Bonchev–Trinajstić information content (AvgIpc) is 3.03. The van der Waals surface area contributed by atoms with E-state index in [2.05, 4.69) is 35.6 Å². The minimum absolute atomic E-state index is 0.117. The van der Waals surface area contributed by atoms with E-state index in [1.807, 2.05) is 19.1 Å². The SMILES string of the molecule is CCCCCc1cccc(O)c1C(=O)NNC(=O)C(C)CCCCC(CCC)C(=O)NNC(=O)c1c(O)cccc1CCCCC. The number of hydrogen-bond donors (Lipinski definition) is 6. The Hall–Kier alpha value is -4.08. The Kier molecular flexibility index (Phi) is 17.3. The van der Waals surface area contributed by atoms with Crippen LogP contribution in [0.3, 0.4) is 0 Å². The molecule has 46 heavy (non-hydrogen) atoms. The lowest BCUT2D eigenvalue weighted by Crippen LogP contribution is -2.45. The van der Waals surface area contributed by atoms with E-state index in [0.29, 0.717) is 44.9 Å². The lowest BCUT2D eigenvalue weighted by molar-refractivity contribution is -0.127. The molecule has 0 spiro atoms. The Bertz CT molecular complexity index is 1280. The molecule has 0 bridgehead atoms. The Morgan fingerprint density at radius 1 is 0.587 bits per heavy atom. The maximum Gasteiger partial charge on any atom is 0.273 e. The van der Waals surface area contributed by atoms with Crippen LogP contribution in [0.15, 0.2) is 36.4 Å². The molecule has 2 atom stereocenters. The van der Waals surface area contributed by atoms with Crippen LogP contribution in [0.1, 0.15) is 137 Å². The van der Waals surface area contributed by atoms with Crippen molar-refractivity contribution in [2.45, 2.75) is 118 Å². The molecule has 0 radical (unpaired) electrons. The predicted octanol–water partition coefficient (Wildman–Crippen LogP) is 6.40. The van der Waals surface area contributed by atoms with Crippen LogP contribution >= 0.6 is 0 Å². The van der Waals surface area contributed by atoms with E-state index < -0.39 is 11.8 Å². The van der Waals surface area contributed by atoms with Crippen molar-refractivity contribution in [1.82, 2.24) is 21.7 Å². The van der Waals surface area contributed by atoms with Crippen molar-refractivity contribution in [1.29, 1.82) is 0 Å². The number of aromatic hydroxyl groups is 2. The van der Waals surface area contributed by atoms with E-state index >= 15 is 0 Å². The summed E-state index contributed by atoms with van der Waals surface area (Å²) in [4.78, 5) is 51.3. The summed E-state index contributed by atoms with van der Waals surface area (Å²) >= 11 is 0. The van der Waals surface area contributed by atoms with Gasteiger partial charge in [-0.15, -0.1) is 0 Å². The molecule has 0 saturated carbocycles. The summed E-state index contributed by atoms with van der Waals surface area (Å²) < 4.78 is 0. The zero-order valence-corrected chi connectivity index (χ0v) is 28.0. The second kappa shape index (κ2) is 20.9. The van der Waals surface area contributed by atoms with Crippen LogP contribution < -0.4 is 21.7 Å². The first-order valence-corrected chi connectivity index (χ1v) is 17.0. The minimum atomic E-state index is -0.555. The molecule has 0 aliphatic rings. The molecule has 0 aliphatic heterocycles. The summed E-state index contributed by atoms with van der Waals surface area (Å²) in [5.74, 6) is -2.65. The molecule has 2 unspecified atom stereocenters. The molecule has 10 nitrogen and oxygen atoms in total. The van der Waals surface area contributed by atoms with Gasteiger partial charge in [-0.2, -0.15) is 0 Å². The predicted molar refractivity (Wildman–Crippen MR) is 180 cm³/mol. The van der Waals surface area contributed by atoms with Crippen LogP contribution in [0.25, 0.3) is 0 Å². The van der Waals surface area contributed by atoms with E-state index in [0.717, 1.165) is 56.1 Å². The van der Waals surface area contributed by atoms with Gasteiger partial charge in [0.1, 0.15) is 11.5 Å². The lowest BCUT2D eigenvalue weighted by atomic mass is 9.94. The summed E-state index contributed by atoms with van der Waals surface area (Å²) in [7, 11) is 0. The fourth-order valence-corrected chi connectivity index (χ4v) is 5.56. The molecule has 0 aliphatic carbocycles. The molecule has 0 fully saturated rings. The highest BCUT2D eigenvalue weighted by Gasteiger charge is 2.22. The van der Waals surface area contributed by atoms with Gasteiger partial charge >= 0.3 is 0 Å². The van der Waals surface area contributed by atoms with E-state index in [4.69, 9.17) is 0 Å². The summed E-state index contributed by atoms with van der Waals surface area (Å²) in [5.41, 5.74) is 11.8. The average molecular weight is 639 g/mol. The third kappa shape index (κ3) is 12.4. The summed E-state index contributed by atoms with van der Waals surface area (Å²) in [5, 5.41) is 20.6. The highest BCUT2D eigenvalue weighted by atomic mass is 16.3. The maximum atomic E-state index is 13.0. The third-order valence-electron chi connectivity index (χ3n) is 8.30. The van der Waals surface area contributed by atoms with Gasteiger partial charge in [-0.25, -0.2) is 0 Å². The highest BCUT2D eigenvalue weighted by molar-refractivity contribution is 6.00. The standard InChI is InChI=1S/C36H54N4O6/c1-5-8-10-18-26-21-14-23-29(41)31(26)35(45)39-37-33(43)25(4)17-12-13-20-28(16-7-3)34(44)38-40-36(46)32-27(19-11-9-6-2)22-15-24-30(32)42/h14-15,21-25,28,41-42H,5-13,16-20H2,1-4H3,(H,37,43)(H,38,44)(H,39,45)(H,40,46). The number of phenolic OH excluding ortho intramolecular Hbond substituents is 2. The number of carbonyl (C=O) groups is 4. The number of unbranched alkanes of at least 4 members (excludes halogenated alkanes) is 5. The lowest BCUT2D eigenvalue weighted by Gasteiger charge is -2.18. The van der Waals surface area contributed by atoms with E-state index in [1.165, 1.54) is 12.1 Å². The van der Waals surface area contributed by atoms with Crippen LogP contribution in [0.5, 0.6) is 11.5 Å². The number of benzene rings is 2. The first-order chi connectivity index (χ1) is 22.1. The monoisotopic (exact) mass is 638 g/mol. The Balaban J connectivity index is 1.82. The van der Waals surface area contributed by atoms with Crippen LogP contribution in [0.2, 0.25) is 0 Å². The van der Waals surface area contributed by atoms with Crippen LogP contribution in [-0.2, 0) is 22.4 Å². The van der Waals surface area contributed by atoms with Crippen molar-refractivity contribution in [3.05, 3.63) is 58.7 Å². The number of hydrazine groups is 2. The number of carbonyl (C=O) groups excluding carboxylic acids is 4. The van der Waals surface area contributed by atoms with Gasteiger partial charge in [0.25, 0.3) is 11.8 Å². The van der Waals surface area contributed by atoms with Crippen molar-refractivity contribution in [2.75, 3.05) is 0 Å². The van der Waals surface area contributed by atoms with Crippen molar-refractivity contribution in [2.24, 2.45) is 11.8 Å². The summed E-state index contributed by atoms with van der Waals surface area (Å²) in [6.45, 7) is 7.97. The van der Waals surface area contributed by atoms with Gasteiger partial charge in [0.2, 0.25) is 11.8 Å². The Morgan fingerprint density at radius 2 is 1.07 bits per heavy atom. The fraction of sp³-hybridized carbons (Fsp3) is 0.556. The molecule has 10 heteroatoms. The molecule has 4 amide bonds. The Labute approximate surface area is 274 Å². The van der Waals surface area contributed by atoms with Gasteiger partial charge in [-0.3, -0.25) is 40.9 Å². The van der Waals surface area contributed by atoms with Crippen molar-refractivity contribution in [3.63, 3.8) is 0 Å². The Morgan fingerprint density at radius 3 is 1.54 bits per heavy atom. The normalized spacial score (nSPS) is 12.2. The second-order valence-electron chi connectivity index (χ2n) is 12.1. The molecule has 6 N–H and O–H groups in total. The molecule has 2 aromatic rings. The van der Waals surface area contributed by atoms with Gasteiger partial charge in [-0.1, -0.05) is 96.9 Å². The van der Waals surface area contributed by atoms with Crippen LogP contribution in [0.4, 0.5) is 0 Å². The summed E-state index contributed by atoms with van der Waals surface area (Å²) in [6, 6.07) is 9.98. The molecule has 0 heterocycles. The molecular weight excluding hydrogens is 584 g/mol. The van der Waals surface area contributed by atoms with Gasteiger partial charge in [-0.05, 0) is 68.2 Å². The number of amides is 4. The van der Waals surface area contributed by atoms with Gasteiger partial charge in [0, 0.05) is 11.8 Å². The fourth-order valence-electron chi connectivity index (χ4n) is 5.56. The van der Waals surface area contributed by atoms with Crippen molar-refractivity contribution >= 4 is 23.6 Å². The van der Waals surface area contributed by atoms with E-state index in [-0.39, 0.29) is 46.3 Å². The maximum absolute atomic E-state index is 13.0. The van der Waals surface area contributed by atoms with E-state index in [9.17, 15) is 29.4 Å². The van der Waals surface area contributed by atoms with Crippen LogP contribution in [0, 0.1) is 11.8 Å². The topological polar surface area (TPSA) is 157 Å². The molecule has 0 saturated heterocycles. The van der Waals surface area contributed by atoms with Gasteiger partial charge in [0.05, 0.1) is 11.1 Å². The smallest absolute Gasteiger partial charge is 0.273 e. The van der Waals surface area contributed by atoms with E-state index in [1.54, 1.807) is 19.1 Å². The van der Waals surface area contributed by atoms with Crippen molar-refractivity contribution in [3.8, 4) is 11.5 Å². The number of aryl methyl sites for hydroxylation is 2. The largest absolute Gasteiger partial charge is 0.507 e. The number of rotatable bonds is 19. The van der Waals surface area contributed by atoms with Gasteiger partial charge in [0.15, 0.2) is 0 Å². The number of nitrogens with one attached hydrogen (secondary N) is 4. The third-order valence-corrected chi connectivity index (χ3v) is 8.30. The van der Waals surface area contributed by atoms with Crippen molar-refractivity contribution < 1.29 is 29.4 Å². The van der Waals surface area contributed by atoms with Gasteiger partial charge < -0.3 is 10.2 Å². The molecule has 254 valence electrons.